The van der Waals surface area contributed by atoms with Gasteiger partial charge in [0.25, 0.3) is 0 Å². The summed E-state index contributed by atoms with van der Waals surface area (Å²) >= 11 is 1.65. The van der Waals surface area contributed by atoms with Crippen LogP contribution in [0.25, 0.3) is 10.2 Å². The summed E-state index contributed by atoms with van der Waals surface area (Å²) in [5.74, 6) is 1.67. The standard InChI is InChI=1S/C16H20N4OS/c21-16(12-3-1-2-4-12)20-8-6-19(7-9-20)14-13-5-10-22-15(13)18-11-17-14/h5,10-12H,1-4,6-9H2. The summed E-state index contributed by atoms with van der Waals surface area (Å²) in [6.45, 7) is 3.34. The van der Waals surface area contributed by atoms with Gasteiger partial charge in [-0.25, -0.2) is 9.97 Å². The first-order valence-corrected chi connectivity index (χ1v) is 8.93. The Morgan fingerprint density at radius 1 is 1.14 bits per heavy atom. The van der Waals surface area contributed by atoms with Crippen molar-refractivity contribution in [2.45, 2.75) is 25.7 Å². The van der Waals surface area contributed by atoms with Crippen LogP contribution in [0.4, 0.5) is 5.82 Å². The van der Waals surface area contributed by atoms with E-state index >= 15 is 0 Å². The van der Waals surface area contributed by atoms with Gasteiger partial charge >= 0.3 is 0 Å². The molecule has 5 nitrogen and oxygen atoms in total. The molecule has 3 heterocycles. The molecular formula is C16H20N4OS. The topological polar surface area (TPSA) is 49.3 Å². The zero-order chi connectivity index (χ0) is 14.9. The van der Waals surface area contributed by atoms with Crippen molar-refractivity contribution in [2.24, 2.45) is 5.92 Å². The highest BCUT2D eigenvalue weighted by molar-refractivity contribution is 7.16. The zero-order valence-electron chi connectivity index (χ0n) is 12.6. The molecular weight excluding hydrogens is 296 g/mol. The van der Waals surface area contributed by atoms with Gasteiger partial charge in [0, 0.05) is 32.1 Å². The maximum absolute atomic E-state index is 12.5. The van der Waals surface area contributed by atoms with Crippen LogP contribution in [-0.2, 0) is 4.79 Å². The molecule has 2 aliphatic rings. The van der Waals surface area contributed by atoms with E-state index in [4.69, 9.17) is 0 Å². The number of carbonyl (C=O) groups is 1. The third kappa shape index (κ3) is 2.45. The molecule has 2 aromatic heterocycles. The van der Waals surface area contributed by atoms with Crippen LogP contribution in [0.5, 0.6) is 0 Å². The summed E-state index contributed by atoms with van der Waals surface area (Å²) in [6.07, 6.45) is 6.24. The molecule has 1 aliphatic heterocycles. The summed E-state index contributed by atoms with van der Waals surface area (Å²) in [5, 5.41) is 3.19. The second kappa shape index (κ2) is 5.83. The number of amides is 1. The van der Waals surface area contributed by atoms with Crippen molar-refractivity contribution in [2.75, 3.05) is 31.1 Å². The summed E-state index contributed by atoms with van der Waals surface area (Å²) in [5.41, 5.74) is 0. The fraction of sp³-hybridized carbons (Fsp3) is 0.562. The van der Waals surface area contributed by atoms with Gasteiger partial charge in [-0.1, -0.05) is 12.8 Å². The summed E-state index contributed by atoms with van der Waals surface area (Å²) in [7, 11) is 0. The van der Waals surface area contributed by atoms with Gasteiger partial charge in [0.1, 0.15) is 17.0 Å². The molecule has 22 heavy (non-hydrogen) atoms. The Bertz CT molecular complexity index is 672. The monoisotopic (exact) mass is 316 g/mol. The molecule has 1 aliphatic carbocycles. The third-order valence-corrected chi connectivity index (χ3v) is 5.66. The number of carbonyl (C=O) groups excluding carboxylic acids is 1. The van der Waals surface area contributed by atoms with E-state index in [1.807, 2.05) is 0 Å². The van der Waals surface area contributed by atoms with Gasteiger partial charge in [0.15, 0.2) is 0 Å². The van der Waals surface area contributed by atoms with Gasteiger partial charge in [-0.15, -0.1) is 11.3 Å². The van der Waals surface area contributed by atoms with Crippen LogP contribution in [0.15, 0.2) is 17.8 Å². The molecule has 1 saturated carbocycles. The van der Waals surface area contributed by atoms with Crippen LogP contribution in [0.3, 0.4) is 0 Å². The van der Waals surface area contributed by atoms with Crippen LogP contribution in [0.2, 0.25) is 0 Å². The Kier molecular flexibility index (Phi) is 3.70. The number of piperazine rings is 1. The molecule has 2 aromatic rings. The van der Waals surface area contributed by atoms with E-state index in [0.717, 1.165) is 55.1 Å². The molecule has 4 rings (SSSR count). The van der Waals surface area contributed by atoms with Gasteiger partial charge in [-0.05, 0) is 24.3 Å². The van der Waals surface area contributed by atoms with E-state index < -0.39 is 0 Å². The Morgan fingerprint density at radius 3 is 2.68 bits per heavy atom. The van der Waals surface area contributed by atoms with E-state index in [1.165, 1.54) is 12.8 Å². The first-order chi connectivity index (χ1) is 10.8. The molecule has 0 N–H and O–H groups in total. The largest absolute Gasteiger partial charge is 0.352 e. The third-order valence-electron chi connectivity index (χ3n) is 4.84. The van der Waals surface area contributed by atoms with Crippen molar-refractivity contribution >= 4 is 33.3 Å². The summed E-state index contributed by atoms with van der Waals surface area (Å²) < 4.78 is 0. The predicted octanol–water partition coefficient (Wildman–Crippen LogP) is 2.53. The first-order valence-electron chi connectivity index (χ1n) is 8.05. The number of hydrogen-bond acceptors (Lipinski definition) is 5. The molecule has 0 aromatic carbocycles. The lowest BCUT2D eigenvalue weighted by Crippen LogP contribution is -2.50. The summed E-state index contributed by atoms with van der Waals surface area (Å²) in [4.78, 5) is 26.7. The van der Waals surface area contributed by atoms with Crippen LogP contribution in [-0.4, -0.2) is 47.0 Å². The smallest absolute Gasteiger partial charge is 0.225 e. The van der Waals surface area contributed by atoms with E-state index in [2.05, 4.69) is 31.2 Å². The number of fused-ring (bicyclic) bond motifs is 1. The summed E-state index contributed by atoms with van der Waals surface area (Å²) in [6, 6.07) is 2.09. The molecule has 116 valence electrons. The fourth-order valence-corrected chi connectivity index (χ4v) is 4.33. The average molecular weight is 316 g/mol. The number of nitrogens with zero attached hydrogens (tertiary/aromatic N) is 4. The molecule has 1 amide bonds. The number of rotatable bonds is 2. The second-order valence-corrected chi connectivity index (χ2v) is 7.02. The van der Waals surface area contributed by atoms with Crippen molar-refractivity contribution in [1.82, 2.24) is 14.9 Å². The number of thiophene rings is 1. The number of aromatic nitrogens is 2. The van der Waals surface area contributed by atoms with Gasteiger partial charge in [0.2, 0.25) is 5.91 Å². The highest BCUT2D eigenvalue weighted by atomic mass is 32.1. The van der Waals surface area contributed by atoms with Gasteiger partial charge in [0.05, 0.1) is 5.39 Å². The highest BCUT2D eigenvalue weighted by Gasteiger charge is 2.30. The maximum Gasteiger partial charge on any atom is 0.225 e. The minimum Gasteiger partial charge on any atom is -0.352 e. The molecule has 2 fully saturated rings. The molecule has 0 bridgehead atoms. The van der Waals surface area contributed by atoms with Crippen molar-refractivity contribution < 1.29 is 4.79 Å². The lowest BCUT2D eigenvalue weighted by Gasteiger charge is -2.36. The lowest BCUT2D eigenvalue weighted by molar-refractivity contribution is -0.135. The quantitative estimate of drug-likeness (QED) is 0.854. The predicted molar refractivity (Wildman–Crippen MR) is 88.2 cm³/mol. The maximum atomic E-state index is 12.5. The SMILES string of the molecule is O=C(C1CCCC1)N1CCN(c2ncnc3sccc23)CC1. The first kappa shape index (κ1) is 13.9. The highest BCUT2D eigenvalue weighted by Crippen LogP contribution is 2.29. The molecule has 0 radical (unpaired) electrons. The molecule has 0 spiro atoms. The van der Waals surface area contributed by atoms with E-state index in [9.17, 15) is 4.79 Å². The van der Waals surface area contributed by atoms with Crippen molar-refractivity contribution in [3.05, 3.63) is 17.8 Å². The van der Waals surface area contributed by atoms with Gasteiger partial charge in [-0.2, -0.15) is 0 Å². The van der Waals surface area contributed by atoms with Crippen molar-refractivity contribution in [1.29, 1.82) is 0 Å². The number of hydrogen-bond donors (Lipinski definition) is 0. The lowest BCUT2D eigenvalue weighted by atomic mass is 10.1. The molecule has 0 unspecified atom stereocenters. The van der Waals surface area contributed by atoms with Gasteiger partial charge < -0.3 is 9.80 Å². The minimum atomic E-state index is 0.286. The minimum absolute atomic E-state index is 0.286. The Balaban J connectivity index is 1.45. The normalized spacial score (nSPS) is 20.0. The van der Waals surface area contributed by atoms with E-state index in [1.54, 1.807) is 17.7 Å². The van der Waals surface area contributed by atoms with Crippen LogP contribution < -0.4 is 4.90 Å². The second-order valence-electron chi connectivity index (χ2n) is 6.13. The molecule has 6 heteroatoms. The average Bonchev–Trinajstić information content (AvgIpc) is 3.25. The fourth-order valence-electron chi connectivity index (χ4n) is 3.60. The Morgan fingerprint density at radius 2 is 1.91 bits per heavy atom. The number of anilines is 1. The molecule has 1 saturated heterocycles. The van der Waals surface area contributed by atoms with E-state index in [-0.39, 0.29) is 5.92 Å². The van der Waals surface area contributed by atoms with E-state index in [0.29, 0.717) is 5.91 Å². The molecule has 0 atom stereocenters. The van der Waals surface area contributed by atoms with Crippen LogP contribution >= 0.6 is 11.3 Å². The Hall–Kier alpha value is -1.69. The Labute approximate surface area is 134 Å². The van der Waals surface area contributed by atoms with Gasteiger partial charge in [-0.3, -0.25) is 4.79 Å². The van der Waals surface area contributed by atoms with Crippen molar-refractivity contribution in [3.63, 3.8) is 0 Å². The van der Waals surface area contributed by atoms with Crippen LogP contribution in [0, 0.1) is 5.92 Å². The van der Waals surface area contributed by atoms with Crippen molar-refractivity contribution in [3.8, 4) is 0 Å². The van der Waals surface area contributed by atoms with Crippen LogP contribution in [0.1, 0.15) is 25.7 Å². The zero-order valence-corrected chi connectivity index (χ0v) is 13.4.